The Labute approximate surface area is 153 Å². The number of nitrogen functional groups attached to an aromatic ring is 1. The summed E-state index contributed by atoms with van der Waals surface area (Å²) in [7, 11) is 0. The summed E-state index contributed by atoms with van der Waals surface area (Å²) in [5.74, 6) is -0.359. The molecule has 1 atom stereocenters. The second-order valence-corrected chi connectivity index (χ2v) is 7.47. The maximum absolute atomic E-state index is 9.91. The highest BCUT2D eigenvalue weighted by Crippen LogP contribution is 2.41. The van der Waals surface area contributed by atoms with Gasteiger partial charge in [0, 0.05) is 28.9 Å². The minimum atomic E-state index is -0.182. The van der Waals surface area contributed by atoms with Crippen molar-refractivity contribution in [2.45, 2.75) is 45.2 Å². The van der Waals surface area contributed by atoms with Gasteiger partial charge in [-0.1, -0.05) is 18.6 Å². The number of nitrogens with two attached hydrogens (primary N) is 1. The molecule has 3 aromatic rings. The highest BCUT2D eigenvalue weighted by molar-refractivity contribution is 6.08. The van der Waals surface area contributed by atoms with E-state index in [4.69, 9.17) is 10.7 Å². The van der Waals surface area contributed by atoms with Crippen LogP contribution in [-0.4, -0.2) is 32.7 Å². The maximum atomic E-state index is 9.91. The number of phenolic OH excluding ortho intramolecular Hbond substituents is 2. The first-order chi connectivity index (χ1) is 12.5. The zero-order valence-electron chi connectivity index (χ0n) is 15.2. The van der Waals surface area contributed by atoms with E-state index in [0.29, 0.717) is 28.7 Å². The summed E-state index contributed by atoms with van der Waals surface area (Å²) >= 11 is 0. The zero-order chi connectivity index (χ0) is 18.4. The molecular weight excluding hydrogens is 326 g/mol. The fraction of sp³-hybridized carbons (Fsp3) is 0.381. The summed E-state index contributed by atoms with van der Waals surface area (Å²) in [6.07, 6.45) is 3.54. The number of fused-ring (bicyclic) bond motifs is 2. The van der Waals surface area contributed by atoms with Gasteiger partial charge in [-0.25, -0.2) is 4.98 Å². The summed E-state index contributed by atoms with van der Waals surface area (Å²) in [5.41, 5.74) is 9.79. The molecule has 0 aliphatic carbocycles. The number of pyridine rings is 1. The highest BCUT2D eigenvalue weighted by atomic mass is 16.3. The molecule has 4 N–H and O–H groups in total. The van der Waals surface area contributed by atoms with Crippen molar-refractivity contribution in [2.75, 3.05) is 12.3 Å². The van der Waals surface area contributed by atoms with Gasteiger partial charge in [-0.2, -0.15) is 0 Å². The minimum absolute atomic E-state index is 0.177. The SMILES string of the molecule is CC(C)N1CCCCC1c1cccc2nc3cc(O)c(O)cc3c(N)c12. The normalized spacial score (nSPS) is 18.8. The van der Waals surface area contributed by atoms with E-state index in [9.17, 15) is 10.2 Å². The van der Waals surface area contributed by atoms with Crippen LogP contribution in [0.3, 0.4) is 0 Å². The molecule has 1 fully saturated rings. The van der Waals surface area contributed by atoms with Crippen LogP contribution >= 0.6 is 0 Å². The van der Waals surface area contributed by atoms with Gasteiger partial charge >= 0.3 is 0 Å². The van der Waals surface area contributed by atoms with Gasteiger partial charge in [0.15, 0.2) is 11.5 Å². The molecule has 4 rings (SSSR count). The second-order valence-electron chi connectivity index (χ2n) is 7.47. The summed E-state index contributed by atoms with van der Waals surface area (Å²) in [4.78, 5) is 7.23. The van der Waals surface area contributed by atoms with Gasteiger partial charge in [0.2, 0.25) is 0 Å². The molecule has 2 aromatic carbocycles. The van der Waals surface area contributed by atoms with E-state index < -0.39 is 0 Å². The topological polar surface area (TPSA) is 82.6 Å². The van der Waals surface area contributed by atoms with E-state index in [1.165, 1.54) is 30.5 Å². The number of phenols is 2. The van der Waals surface area contributed by atoms with E-state index in [0.717, 1.165) is 23.9 Å². The second kappa shape index (κ2) is 6.32. The Balaban J connectivity index is 1.98. The number of aromatic nitrogens is 1. The molecule has 26 heavy (non-hydrogen) atoms. The highest BCUT2D eigenvalue weighted by Gasteiger charge is 2.28. The van der Waals surface area contributed by atoms with Gasteiger partial charge < -0.3 is 15.9 Å². The third kappa shape index (κ3) is 2.63. The molecule has 1 aliphatic rings. The van der Waals surface area contributed by atoms with E-state index in [1.807, 2.05) is 12.1 Å². The number of hydrogen-bond donors (Lipinski definition) is 3. The van der Waals surface area contributed by atoms with Gasteiger partial charge in [0.25, 0.3) is 0 Å². The monoisotopic (exact) mass is 351 g/mol. The Kier molecular flexibility index (Phi) is 4.11. The molecule has 5 nitrogen and oxygen atoms in total. The molecule has 0 amide bonds. The number of hydrogen-bond acceptors (Lipinski definition) is 5. The number of piperidine rings is 1. The Hall–Kier alpha value is -2.53. The van der Waals surface area contributed by atoms with Gasteiger partial charge in [-0.3, -0.25) is 4.90 Å². The van der Waals surface area contributed by atoms with Crippen molar-refractivity contribution < 1.29 is 10.2 Å². The zero-order valence-corrected chi connectivity index (χ0v) is 15.2. The minimum Gasteiger partial charge on any atom is -0.504 e. The Morgan fingerprint density at radius 2 is 1.88 bits per heavy atom. The predicted molar refractivity (Wildman–Crippen MR) is 105 cm³/mol. The maximum Gasteiger partial charge on any atom is 0.159 e. The van der Waals surface area contributed by atoms with Crippen LogP contribution in [-0.2, 0) is 0 Å². The molecule has 0 bridgehead atoms. The molecule has 136 valence electrons. The molecule has 1 aromatic heterocycles. The van der Waals surface area contributed by atoms with Crippen molar-refractivity contribution in [2.24, 2.45) is 0 Å². The molecule has 0 saturated carbocycles. The third-order valence-corrected chi connectivity index (χ3v) is 5.53. The van der Waals surface area contributed by atoms with Crippen LogP contribution in [0.1, 0.15) is 44.7 Å². The lowest BCUT2D eigenvalue weighted by molar-refractivity contribution is 0.113. The van der Waals surface area contributed by atoms with Crippen LogP contribution in [0, 0.1) is 0 Å². The van der Waals surface area contributed by atoms with E-state index in [1.54, 1.807) is 0 Å². The Morgan fingerprint density at radius 1 is 1.12 bits per heavy atom. The lowest BCUT2D eigenvalue weighted by Gasteiger charge is -2.39. The number of nitrogens with zero attached hydrogens (tertiary/aromatic N) is 2. The summed E-state index contributed by atoms with van der Waals surface area (Å²) in [6.45, 7) is 5.57. The number of likely N-dealkylation sites (tertiary alicyclic amines) is 1. The smallest absolute Gasteiger partial charge is 0.159 e. The van der Waals surface area contributed by atoms with Crippen LogP contribution < -0.4 is 5.73 Å². The van der Waals surface area contributed by atoms with Crippen molar-refractivity contribution in [3.8, 4) is 11.5 Å². The average Bonchev–Trinajstić information content (AvgIpc) is 2.63. The van der Waals surface area contributed by atoms with Crippen LogP contribution in [0.25, 0.3) is 21.8 Å². The number of rotatable bonds is 2. The number of benzene rings is 2. The Morgan fingerprint density at radius 3 is 2.65 bits per heavy atom. The molecule has 1 unspecified atom stereocenters. The van der Waals surface area contributed by atoms with Gasteiger partial charge in [0.05, 0.1) is 16.7 Å². The Bertz CT molecular complexity index is 984. The van der Waals surface area contributed by atoms with Gasteiger partial charge in [0.1, 0.15) is 0 Å². The van der Waals surface area contributed by atoms with Crippen molar-refractivity contribution >= 4 is 27.5 Å². The van der Waals surface area contributed by atoms with Crippen molar-refractivity contribution in [3.05, 3.63) is 35.9 Å². The summed E-state index contributed by atoms with van der Waals surface area (Å²) < 4.78 is 0. The van der Waals surface area contributed by atoms with E-state index in [2.05, 4.69) is 24.8 Å². The number of aromatic hydroxyl groups is 2. The first-order valence-corrected chi connectivity index (χ1v) is 9.27. The van der Waals surface area contributed by atoms with E-state index in [-0.39, 0.29) is 11.5 Å². The molecule has 1 aliphatic heterocycles. The summed E-state index contributed by atoms with van der Waals surface area (Å²) in [5, 5.41) is 21.3. The molecule has 2 heterocycles. The third-order valence-electron chi connectivity index (χ3n) is 5.53. The van der Waals surface area contributed by atoms with E-state index >= 15 is 0 Å². The predicted octanol–water partition coefficient (Wildman–Crippen LogP) is 4.32. The van der Waals surface area contributed by atoms with Crippen molar-refractivity contribution in [3.63, 3.8) is 0 Å². The molecule has 1 saturated heterocycles. The van der Waals surface area contributed by atoms with Crippen molar-refractivity contribution in [1.29, 1.82) is 0 Å². The lowest BCUT2D eigenvalue weighted by Crippen LogP contribution is -2.38. The largest absolute Gasteiger partial charge is 0.504 e. The first-order valence-electron chi connectivity index (χ1n) is 9.27. The fourth-order valence-electron chi connectivity index (χ4n) is 4.27. The molecule has 0 spiro atoms. The van der Waals surface area contributed by atoms with Crippen molar-refractivity contribution in [1.82, 2.24) is 9.88 Å². The molecule has 5 heteroatoms. The van der Waals surface area contributed by atoms with Gasteiger partial charge in [-0.05, 0) is 50.9 Å². The molecule has 0 radical (unpaired) electrons. The quantitative estimate of drug-likeness (QED) is 0.473. The van der Waals surface area contributed by atoms with Crippen LogP contribution in [0.2, 0.25) is 0 Å². The van der Waals surface area contributed by atoms with Crippen LogP contribution in [0.4, 0.5) is 5.69 Å². The first kappa shape index (κ1) is 16.9. The van der Waals surface area contributed by atoms with Crippen LogP contribution in [0.5, 0.6) is 11.5 Å². The lowest BCUT2D eigenvalue weighted by atomic mass is 9.90. The standard InChI is InChI=1S/C21H25N3O2/c1-12(2)24-9-4-3-8-17(24)13-6-5-7-15-20(13)21(22)14-10-18(25)19(26)11-16(14)23-15/h5-7,10-12,17,25-26H,3-4,8-9H2,1-2H3,(H2,22,23). The average molecular weight is 351 g/mol. The van der Waals surface area contributed by atoms with Crippen LogP contribution in [0.15, 0.2) is 30.3 Å². The van der Waals surface area contributed by atoms with Gasteiger partial charge in [-0.15, -0.1) is 0 Å². The molecular formula is C21H25N3O2. The number of anilines is 1. The fourth-order valence-corrected chi connectivity index (χ4v) is 4.27. The summed E-state index contributed by atoms with van der Waals surface area (Å²) in [6, 6.07) is 9.90.